The second-order valence-corrected chi connectivity index (χ2v) is 5.99. The zero-order chi connectivity index (χ0) is 14.0. The molecule has 102 valence electrons. The van der Waals surface area contributed by atoms with Crippen LogP contribution in [0.15, 0.2) is 18.2 Å². The highest BCUT2D eigenvalue weighted by molar-refractivity contribution is 6.30. The van der Waals surface area contributed by atoms with Crippen molar-refractivity contribution in [1.82, 2.24) is 4.90 Å². The van der Waals surface area contributed by atoms with Crippen molar-refractivity contribution in [2.75, 3.05) is 18.9 Å². The number of hydrogen-bond donors (Lipinski definition) is 1. The van der Waals surface area contributed by atoms with Crippen molar-refractivity contribution in [3.05, 3.63) is 28.8 Å². The first-order valence-electron chi connectivity index (χ1n) is 6.67. The molecule has 1 saturated heterocycles. The van der Waals surface area contributed by atoms with Crippen LogP contribution in [-0.4, -0.2) is 30.6 Å². The number of rotatable bonds is 2. The highest BCUT2D eigenvalue weighted by atomic mass is 35.5. The molecule has 0 aromatic heterocycles. The second kappa shape index (κ2) is 5.81. The Labute approximate surface area is 120 Å². The minimum absolute atomic E-state index is 0.386. The van der Waals surface area contributed by atoms with Crippen LogP contribution in [0.2, 0.25) is 5.02 Å². The van der Waals surface area contributed by atoms with Gasteiger partial charge in [-0.05, 0) is 44.5 Å². The molecule has 0 saturated carbocycles. The number of nitriles is 1. The fourth-order valence-corrected chi connectivity index (χ4v) is 2.85. The Hall–Kier alpha value is -1.24. The number of halogens is 1. The first-order chi connectivity index (χ1) is 9.01. The Morgan fingerprint density at radius 2 is 2.16 bits per heavy atom. The van der Waals surface area contributed by atoms with Crippen molar-refractivity contribution in [2.24, 2.45) is 5.92 Å². The molecule has 0 spiro atoms. The highest BCUT2D eigenvalue weighted by Crippen LogP contribution is 2.27. The first kappa shape index (κ1) is 14.2. The maximum Gasteiger partial charge on any atom is 0.101 e. The first-order valence-corrected chi connectivity index (χ1v) is 7.05. The van der Waals surface area contributed by atoms with Crippen LogP contribution < -0.4 is 5.32 Å². The molecule has 2 rings (SSSR count). The minimum atomic E-state index is 0.386. The average Bonchev–Trinajstić information content (AvgIpc) is 2.36. The third kappa shape index (κ3) is 3.20. The Balaban J connectivity index is 2.17. The number of likely N-dealkylation sites (tertiary alicyclic amines) is 1. The Bertz CT molecular complexity index is 495. The summed E-state index contributed by atoms with van der Waals surface area (Å²) in [6, 6.07) is 8.53. The molecular formula is C15H20ClN3. The van der Waals surface area contributed by atoms with E-state index >= 15 is 0 Å². The van der Waals surface area contributed by atoms with Gasteiger partial charge in [0.15, 0.2) is 0 Å². The van der Waals surface area contributed by atoms with Crippen molar-refractivity contribution in [1.29, 1.82) is 5.26 Å². The lowest BCUT2D eigenvalue weighted by molar-refractivity contribution is 0.145. The molecule has 1 aromatic rings. The van der Waals surface area contributed by atoms with Crippen LogP contribution in [0.5, 0.6) is 0 Å². The quantitative estimate of drug-likeness (QED) is 0.901. The molecule has 1 N–H and O–H groups in total. The normalized spacial score (nSPS) is 27.8. The summed E-state index contributed by atoms with van der Waals surface area (Å²) in [6.07, 6.45) is 1.08. The third-order valence-electron chi connectivity index (χ3n) is 4.05. The predicted octanol–water partition coefficient (Wildman–Crippen LogP) is 3.35. The van der Waals surface area contributed by atoms with Gasteiger partial charge in [0.25, 0.3) is 0 Å². The highest BCUT2D eigenvalue weighted by Gasteiger charge is 2.29. The summed E-state index contributed by atoms with van der Waals surface area (Å²) in [6.45, 7) is 5.56. The number of benzene rings is 1. The number of hydrogen-bond acceptors (Lipinski definition) is 3. The topological polar surface area (TPSA) is 39.1 Å². The van der Waals surface area contributed by atoms with E-state index < -0.39 is 0 Å². The van der Waals surface area contributed by atoms with E-state index in [1.165, 1.54) is 0 Å². The van der Waals surface area contributed by atoms with E-state index in [9.17, 15) is 0 Å². The molecule has 1 heterocycles. The molecule has 19 heavy (non-hydrogen) atoms. The van der Waals surface area contributed by atoms with Gasteiger partial charge in [0.05, 0.1) is 11.3 Å². The molecule has 3 nitrogen and oxygen atoms in total. The second-order valence-electron chi connectivity index (χ2n) is 5.55. The van der Waals surface area contributed by atoms with Crippen LogP contribution in [-0.2, 0) is 0 Å². The van der Waals surface area contributed by atoms with Crippen molar-refractivity contribution < 1.29 is 0 Å². The van der Waals surface area contributed by atoms with E-state index in [2.05, 4.69) is 37.2 Å². The third-order valence-corrected chi connectivity index (χ3v) is 4.29. The lowest BCUT2D eigenvalue weighted by Gasteiger charge is -2.40. The maximum atomic E-state index is 9.16. The lowest BCUT2D eigenvalue weighted by atomic mass is 9.89. The molecule has 0 radical (unpaired) electrons. The standard InChI is InChI=1S/C15H20ClN3/c1-10-9-19(3)11(2)6-14(10)18-15-7-13(16)5-4-12(15)8-17/h4-5,7,10-11,14,18H,6,9H2,1-3H3. The number of anilines is 1. The Morgan fingerprint density at radius 1 is 1.42 bits per heavy atom. The predicted molar refractivity (Wildman–Crippen MR) is 79.5 cm³/mol. The molecule has 0 aliphatic carbocycles. The van der Waals surface area contributed by atoms with E-state index in [-0.39, 0.29) is 0 Å². The SMILES string of the molecule is CC1CN(C)C(C)CC1Nc1cc(Cl)ccc1C#N. The molecule has 4 heteroatoms. The summed E-state index contributed by atoms with van der Waals surface area (Å²) in [5.74, 6) is 0.548. The van der Waals surface area contributed by atoms with Gasteiger partial charge in [-0.1, -0.05) is 18.5 Å². The van der Waals surface area contributed by atoms with Gasteiger partial charge in [-0.25, -0.2) is 0 Å². The monoisotopic (exact) mass is 277 g/mol. The van der Waals surface area contributed by atoms with E-state index in [1.54, 1.807) is 12.1 Å². The van der Waals surface area contributed by atoms with Crippen LogP contribution in [0.3, 0.4) is 0 Å². The molecular weight excluding hydrogens is 258 g/mol. The van der Waals surface area contributed by atoms with Crippen LogP contribution >= 0.6 is 11.6 Å². The van der Waals surface area contributed by atoms with Crippen LogP contribution in [0.4, 0.5) is 5.69 Å². The summed E-state index contributed by atoms with van der Waals surface area (Å²) in [7, 11) is 2.16. The van der Waals surface area contributed by atoms with Crippen LogP contribution in [0, 0.1) is 17.2 Å². The molecule has 0 amide bonds. The summed E-state index contributed by atoms with van der Waals surface area (Å²) >= 11 is 6.02. The van der Waals surface area contributed by atoms with Gasteiger partial charge in [0.2, 0.25) is 0 Å². The number of piperidine rings is 1. The zero-order valence-electron chi connectivity index (χ0n) is 11.7. The van der Waals surface area contributed by atoms with Gasteiger partial charge in [-0.2, -0.15) is 5.26 Å². The molecule has 1 fully saturated rings. The molecule has 1 aliphatic rings. The van der Waals surface area contributed by atoms with Crippen molar-refractivity contribution >= 4 is 17.3 Å². The summed E-state index contributed by atoms with van der Waals surface area (Å²) in [5, 5.41) is 13.3. The van der Waals surface area contributed by atoms with E-state index in [0.29, 0.717) is 28.6 Å². The van der Waals surface area contributed by atoms with Gasteiger partial charge in [0.1, 0.15) is 6.07 Å². The van der Waals surface area contributed by atoms with Crippen molar-refractivity contribution in [3.8, 4) is 6.07 Å². The summed E-state index contributed by atoms with van der Waals surface area (Å²) in [5.41, 5.74) is 1.51. The molecule has 1 aromatic carbocycles. The van der Waals surface area contributed by atoms with Gasteiger partial charge in [-0.3, -0.25) is 0 Å². The largest absolute Gasteiger partial charge is 0.381 e. The number of nitrogens with zero attached hydrogens (tertiary/aromatic N) is 2. The molecule has 0 bridgehead atoms. The van der Waals surface area contributed by atoms with Gasteiger partial charge in [-0.15, -0.1) is 0 Å². The molecule has 3 atom stereocenters. The van der Waals surface area contributed by atoms with E-state index in [1.807, 2.05) is 6.07 Å². The fourth-order valence-electron chi connectivity index (χ4n) is 2.68. The van der Waals surface area contributed by atoms with Gasteiger partial charge >= 0.3 is 0 Å². The van der Waals surface area contributed by atoms with Gasteiger partial charge < -0.3 is 10.2 Å². The Morgan fingerprint density at radius 3 is 2.84 bits per heavy atom. The van der Waals surface area contributed by atoms with Crippen molar-refractivity contribution in [2.45, 2.75) is 32.4 Å². The Kier molecular flexibility index (Phi) is 4.34. The fraction of sp³-hybridized carbons (Fsp3) is 0.533. The zero-order valence-corrected chi connectivity index (χ0v) is 12.4. The molecule has 1 aliphatic heterocycles. The maximum absolute atomic E-state index is 9.16. The van der Waals surface area contributed by atoms with E-state index in [0.717, 1.165) is 18.7 Å². The summed E-state index contributed by atoms with van der Waals surface area (Å²) < 4.78 is 0. The smallest absolute Gasteiger partial charge is 0.101 e. The molecule has 3 unspecified atom stereocenters. The minimum Gasteiger partial charge on any atom is -0.381 e. The number of nitrogens with one attached hydrogen (secondary N) is 1. The van der Waals surface area contributed by atoms with Crippen LogP contribution in [0.1, 0.15) is 25.8 Å². The van der Waals surface area contributed by atoms with Crippen LogP contribution in [0.25, 0.3) is 0 Å². The average molecular weight is 278 g/mol. The summed E-state index contributed by atoms with van der Waals surface area (Å²) in [4.78, 5) is 2.38. The lowest BCUT2D eigenvalue weighted by Crippen LogP contribution is -2.48. The van der Waals surface area contributed by atoms with Crippen molar-refractivity contribution in [3.63, 3.8) is 0 Å². The van der Waals surface area contributed by atoms with E-state index in [4.69, 9.17) is 16.9 Å². The van der Waals surface area contributed by atoms with Gasteiger partial charge in [0, 0.05) is 23.7 Å².